The lowest BCUT2D eigenvalue weighted by atomic mass is 9.98. The Morgan fingerprint density at radius 1 is 1.26 bits per heavy atom. The second kappa shape index (κ2) is 9.02. The number of halogens is 1. The zero-order valence-corrected chi connectivity index (χ0v) is 13.0. The highest BCUT2D eigenvalue weighted by Crippen LogP contribution is 2.23. The molecular weight excluding hydrogens is 314 g/mol. The molecule has 0 aromatic heterocycles. The van der Waals surface area contributed by atoms with Gasteiger partial charge in [0.2, 0.25) is 0 Å². The molecule has 0 atom stereocenters. The van der Waals surface area contributed by atoms with Crippen LogP contribution in [0.4, 0.5) is 0 Å². The van der Waals surface area contributed by atoms with Crippen LogP contribution in [0.1, 0.15) is 12.5 Å². The number of carbonyl (C=O) groups excluding carboxylic acids is 1. The summed E-state index contributed by atoms with van der Waals surface area (Å²) in [5.74, 6) is 1.29. The van der Waals surface area contributed by atoms with Gasteiger partial charge in [-0.25, -0.2) is 4.79 Å². The number of nitriles is 2. The summed E-state index contributed by atoms with van der Waals surface area (Å²) in [5, 5.41) is 25.8. The molecular formula is C17H12ClN3O2. The summed E-state index contributed by atoms with van der Waals surface area (Å²) in [6, 6.07) is 10.2. The zero-order valence-electron chi connectivity index (χ0n) is 12.3. The lowest BCUT2D eigenvalue weighted by molar-refractivity contribution is -0.138. The number of nitrogens with zero attached hydrogens (tertiary/aromatic N) is 2. The lowest BCUT2D eigenvalue weighted by Crippen LogP contribution is -2.05. The Hall–Kier alpha value is -3.11. The van der Waals surface area contributed by atoms with Gasteiger partial charge in [0, 0.05) is 10.6 Å². The fraction of sp³-hybridized carbons (Fsp3) is 0.118. The highest BCUT2D eigenvalue weighted by atomic mass is 35.5. The average molecular weight is 326 g/mol. The van der Waals surface area contributed by atoms with E-state index >= 15 is 0 Å². The predicted molar refractivity (Wildman–Crippen MR) is 86.6 cm³/mol. The van der Waals surface area contributed by atoms with E-state index in [-0.39, 0.29) is 17.8 Å². The molecule has 0 spiro atoms. The maximum atomic E-state index is 11.6. The molecule has 0 fully saturated rings. The van der Waals surface area contributed by atoms with Crippen molar-refractivity contribution in [2.45, 2.75) is 6.92 Å². The first-order valence-electron chi connectivity index (χ1n) is 6.52. The number of allylic oxidation sites excluding steroid dienone is 4. The summed E-state index contributed by atoms with van der Waals surface area (Å²) < 4.78 is 4.76. The minimum Gasteiger partial charge on any atom is -0.462 e. The van der Waals surface area contributed by atoms with Crippen molar-refractivity contribution in [1.29, 1.82) is 15.9 Å². The molecule has 0 aliphatic rings. The van der Waals surface area contributed by atoms with E-state index in [1.807, 2.05) is 11.9 Å². The van der Waals surface area contributed by atoms with Crippen molar-refractivity contribution in [3.05, 3.63) is 58.1 Å². The molecule has 0 amide bonds. The number of nitrogens with one attached hydrogen (secondary N) is 1. The monoisotopic (exact) mass is 325 g/mol. The fourth-order valence-corrected chi connectivity index (χ4v) is 1.76. The van der Waals surface area contributed by atoms with Gasteiger partial charge < -0.3 is 4.74 Å². The van der Waals surface area contributed by atoms with Crippen molar-refractivity contribution in [2.75, 3.05) is 6.61 Å². The minimum atomic E-state index is -0.751. The second-order valence-electron chi connectivity index (χ2n) is 4.11. The fourth-order valence-electron chi connectivity index (χ4n) is 1.64. The van der Waals surface area contributed by atoms with E-state index in [1.165, 1.54) is 12.2 Å². The smallest absolute Gasteiger partial charge is 0.348 e. The Bertz CT molecular complexity index is 787. The van der Waals surface area contributed by atoms with Crippen LogP contribution < -0.4 is 0 Å². The van der Waals surface area contributed by atoms with Crippen molar-refractivity contribution < 1.29 is 9.53 Å². The van der Waals surface area contributed by atoms with Crippen molar-refractivity contribution >= 4 is 29.0 Å². The average Bonchev–Trinajstić information content (AvgIpc) is 2.56. The number of rotatable bonds is 5. The van der Waals surface area contributed by atoms with Crippen molar-refractivity contribution in [3.8, 4) is 12.1 Å². The Balaban J connectivity index is 3.38. The number of benzene rings is 1. The molecule has 0 saturated carbocycles. The molecule has 1 N–H and O–H groups in total. The maximum Gasteiger partial charge on any atom is 0.348 e. The van der Waals surface area contributed by atoms with Crippen molar-refractivity contribution in [3.63, 3.8) is 0 Å². The number of ether oxygens (including phenoxy) is 1. The molecule has 6 heteroatoms. The van der Waals surface area contributed by atoms with E-state index in [4.69, 9.17) is 32.3 Å². The van der Waals surface area contributed by atoms with Gasteiger partial charge in [0.1, 0.15) is 23.3 Å². The van der Waals surface area contributed by atoms with E-state index in [0.717, 1.165) is 0 Å². The van der Waals surface area contributed by atoms with Crippen molar-refractivity contribution in [2.24, 2.45) is 0 Å². The molecule has 0 aliphatic carbocycles. The van der Waals surface area contributed by atoms with Crippen LogP contribution in [0.25, 0.3) is 5.57 Å². The van der Waals surface area contributed by atoms with Gasteiger partial charge in [-0.3, -0.25) is 5.41 Å². The Labute approximate surface area is 138 Å². The van der Waals surface area contributed by atoms with Gasteiger partial charge >= 0.3 is 5.97 Å². The van der Waals surface area contributed by atoms with Crippen LogP contribution in [-0.4, -0.2) is 18.4 Å². The maximum absolute atomic E-state index is 11.6. The molecule has 1 aromatic rings. The normalized spacial score (nSPS) is 11.0. The molecule has 0 aliphatic heterocycles. The summed E-state index contributed by atoms with van der Waals surface area (Å²) in [6.07, 6.45) is 2.65. The largest absolute Gasteiger partial charge is 0.462 e. The van der Waals surface area contributed by atoms with Gasteiger partial charge in [0.15, 0.2) is 0 Å². The number of carbonyl (C=O) groups is 1. The topological polar surface area (TPSA) is 97.7 Å². The Morgan fingerprint density at radius 3 is 2.39 bits per heavy atom. The third-order valence-electron chi connectivity index (χ3n) is 2.69. The molecule has 0 radical (unpaired) electrons. The molecule has 0 heterocycles. The van der Waals surface area contributed by atoms with E-state index in [0.29, 0.717) is 16.2 Å². The molecule has 0 unspecified atom stereocenters. The number of hydrogen-bond acceptors (Lipinski definition) is 5. The first-order valence-corrected chi connectivity index (χ1v) is 6.90. The van der Waals surface area contributed by atoms with Crippen LogP contribution in [0.2, 0.25) is 5.02 Å². The van der Waals surface area contributed by atoms with E-state index in [1.54, 1.807) is 37.3 Å². The Kier molecular flexibility index (Phi) is 7.04. The summed E-state index contributed by atoms with van der Waals surface area (Å²) in [7, 11) is 0. The van der Waals surface area contributed by atoms with E-state index in [2.05, 4.69) is 0 Å². The third-order valence-corrected chi connectivity index (χ3v) is 2.95. The molecule has 5 nitrogen and oxygen atoms in total. The highest BCUT2D eigenvalue weighted by molar-refractivity contribution is 6.30. The summed E-state index contributed by atoms with van der Waals surface area (Å²) >= 11 is 5.83. The SMILES string of the molecule is CCOC(=O)C(C#N)=CC=C(C(=C=N)C#N)c1ccc(Cl)cc1. The summed E-state index contributed by atoms with van der Waals surface area (Å²) in [5.41, 5.74) is 0.699. The van der Waals surface area contributed by atoms with Crippen LogP contribution in [0.5, 0.6) is 0 Å². The minimum absolute atomic E-state index is 0.0373. The van der Waals surface area contributed by atoms with Gasteiger partial charge in [0.25, 0.3) is 0 Å². The van der Waals surface area contributed by atoms with Gasteiger partial charge in [-0.2, -0.15) is 10.5 Å². The second-order valence-corrected chi connectivity index (χ2v) is 4.55. The molecule has 0 saturated heterocycles. The van der Waals surface area contributed by atoms with Gasteiger partial charge in [0.05, 0.1) is 6.61 Å². The molecule has 1 rings (SSSR count). The van der Waals surface area contributed by atoms with Gasteiger partial charge in [-0.05, 0) is 36.6 Å². The number of hydrogen-bond donors (Lipinski definition) is 1. The van der Waals surface area contributed by atoms with Gasteiger partial charge in [-0.15, -0.1) is 0 Å². The lowest BCUT2D eigenvalue weighted by Gasteiger charge is -2.04. The van der Waals surface area contributed by atoms with Crippen LogP contribution in [-0.2, 0) is 9.53 Å². The standard InChI is InChI=1S/C17H12ClN3O2/c1-2-23-17(22)13(9-19)5-8-16(14(10-20)11-21)12-3-6-15(18)7-4-12/h3-8,20H,2H2,1H3. The van der Waals surface area contributed by atoms with Crippen molar-refractivity contribution in [1.82, 2.24) is 0 Å². The summed E-state index contributed by atoms with van der Waals surface area (Å²) in [6.45, 7) is 1.78. The first-order chi connectivity index (χ1) is 11.1. The molecule has 114 valence electrons. The Morgan fingerprint density at radius 2 is 1.91 bits per heavy atom. The molecule has 0 bridgehead atoms. The molecule has 23 heavy (non-hydrogen) atoms. The highest BCUT2D eigenvalue weighted by Gasteiger charge is 2.11. The summed E-state index contributed by atoms with van der Waals surface area (Å²) in [4.78, 5) is 11.6. The van der Waals surface area contributed by atoms with Crippen LogP contribution in [0.3, 0.4) is 0 Å². The van der Waals surface area contributed by atoms with Crippen LogP contribution in [0, 0.1) is 28.1 Å². The van der Waals surface area contributed by atoms with Crippen LogP contribution >= 0.6 is 11.6 Å². The number of esters is 1. The van der Waals surface area contributed by atoms with E-state index in [9.17, 15) is 4.79 Å². The quantitative estimate of drug-likeness (QED) is 0.295. The molecule has 1 aromatic carbocycles. The van der Waals surface area contributed by atoms with Crippen LogP contribution in [0.15, 0.2) is 47.6 Å². The zero-order chi connectivity index (χ0) is 17.2. The van der Waals surface area contributed by atoms with E-state index < -0.39 is 5.97 Å². The first kappa shape index (κ1) is 17.9. The predicted octanol–water partition coefficient (Wildman–Crippen LogP) is 3.43. The third kappa shape index (κ3) is 4.98. The van der Waals surface area contributed by atoms with Gasteiger partial charge in [-0.1, -0.05) is 29.8 Å².